The van der Waals surface area contributed by atoms with Gasteiger partial charge < -0.3 is 9.47 Å². The molecule has 0 bridgehead atoms. The van der Waals surface area contributed by atoms with E-state index in [1.54, 1.807) is 16.4 Å². The van der Waals surface area contributed by atoms with Gasteiger partial charge in [-0.25, -0.2) is 8.42 Å². The molecule has 0 N–H and O–H groups in total. The Morgan fingerprint density at radius 3 is 2.60 bits per heavy atom. The molecule has 25 heavy (non-hydrogen) atoms. The van der Waals surface area contributed by atoms with Crippen molar-refractivity contribution < 1.29 is 17.9 Å². The van der Waals surface area contributed by atoms with Gasteiger partial charge in [-0.2, -0.15) is 4.31 Å². The molecule has 1 aromatic carbocycles. The summed E-state index contributed by atoms with van der Waals surface area (Å²) < 4.78 is 39.2. The van der Waals surface area contributed by atoms with Crippen molar-refractivity contribution in [3.8, 4) is 0 Å². The highest BCUT2D eigenvalue weighted by molar-refractivity contribution is 7.89. The molecule has 6 heteroatoms. The van der Waals surface area contributed by atoms with Crippen molar-refractivity contribution in [1.82, 2.24) is 4.31 Å². The smallest absolute Gasteiger partial charge is 0.243 e. The van der Waals surface area contributed by atoms with Crippen molar-refractivity contribution in [2.24, 2.45) is 0 Å². The lowest BCUT2D eigenvalue weighted by molar-refractivity contribution is -0.0715. The number of rotatable bonds is 6. The summed E-state index contributed by atoms with van der Waals surface area (Å²) in [6.45, 7) is 4.51. The minimum absolute atomic E-state index is 0.137. The summed E-state index contributed by atoms with van der Waals surface area (Å²) >= 11 is 0. The molecular weight excluding hydrogens is 338 g/mol. The molecular formula is C19H29NO4S. The number of aryl methyl sites for hydroxylation is 1. The van der Waals surface area contributed by atoms with Crippen molar-refractivity contribution >= 4 is 10.0 Å². The third-order valence-corrected chi connectivity index (χ3v) is 7.16. The van der Waals surface area contributed by atoms with Gasteiger partial charge in [-0.15, -0.1) is 0 Å². The molecule has 2 aliphatic rings. The van der Waals surface area contributed by atoms with Crippen molar-refractivity contribution in [3.05, 3.63) is 29.8 Å². The van der Waals surface area contributed by atoms with Gasteiger partial charge in [-0.1, -0.05) is 25.1 Å². The number of benzene rings is 1. The molecule has 0 aromatic heterocycles. The molecule has 0 aliphatic carbocycles. The van der Waals surface area contributed by atoms with Gasteiger partial charge in [-0.05, 0) is 50.2 Å². The van der Waals surface area contributed by atoms with Gasteiger partial charge in [0.25, 0.3) is 0 Å². The molecule has 0 radical (unpaired) electrons. The van der Waals surface area contributed by atoms with Crippen LogP contribution in [0.2, 0.25) is 0 Å². The van der Waals surface area contributed by atoms with Crippen LogP contribution in [0.25, 0.3) is 0 Å². The second-order valence-electron chi connectivity index (χ2n) is 6.89. The molecule has 2 fully saturated rings. The monoisotopic (exact) mass is 367 g/mol. The van der Waals surface area contributed by atoms with Crippen LogP contribution in [0.3, 0.4) is 0 Å². The second-order valence-corrected chi connectivity index (χ2v) is 8.79. The third kappa shape index (κ3) is 4.61. The van der Waals surface area contributed by atoms with Crippen LogP contribution in [0.1, 0.15) is 44.6 Å². The van der Waals surface area contributed by atoms with Gasteiger partial charge in [0, 0.05) is 19.7 Å². The highest BCUT2D eigenvalue weighted by atomic mass is 32.2. The number of nitrogens with zero attached hydrogens (tertiary/aromatic N) is 1. The van der Waals surface area contributed by atoms with Crippen LogP contribution in [0.4, 0.5) is 0 Å². The summed E-state index contributed by atoms with van der Waals surface area (Å²) in [5, 5.41) is 0. The predicted molar refractivity (Wildman–Crippen MR) is 97.1 cm³/mol. The van der Waals surface area contributed by atoms with Crippen LogP contribution in [0.15, 0.2) is 29.2 Å². The lowest BCUT2D eigenvalue weighted by Gasteiger charge is -2.32. The van der Waals surface area contributed by atoms with E-state index >= 15 is 0 Å². The maximum Gasteiger partial charge on any atom is 0.243 e. The van der Waals surface area contributed by atoms with Gasteiger partial charge in [0.15, 0.2) is 0 Å². The summed E-state index contributed by atoms with van der Waals surface area (Å²) in [6.07, 6.45) is 6.00. The summed E-state index contributed by atoms with van der Waals surface area (Å²) in [5.74, 6) is 0. The molecule has 5 nitrogen and oxygen atoms in total. The average Bonchev–Trinajstić information content (AvgIpc) is 2.67. The largest absolute Gasteiger partial charge is 0.376 e. The minimum Gasteiger partial charge on any atom is -0.376 e. The summed E-state index contributed by atoms with van der Waals surface area (Å²) in [5.41, 5.74) is 0.885. The van der Waals surface area contributed by atoms with E-state index in [9.17, 15) is 8.42 Å². The quantitative estimate of drug-likeness (QED) is 0.776. The summed E-state index contributed by atoms with van der Waals surface area (Å²) in [6, 6.07) is 7.31. The van der Waals surface area contributed by atoms with Crippen molar-refractivity contribution in [2.45, 2.75) is 62.6 Å². The van der Waals surface area contributed by atoms with E-state index in [0.717, 1.165) is 44.3 Å². The fourth-order valence-corrected chi connectivity index (χ4v) is 5.37. The molecule has 0 saturated carbocycles. The molecule has 1 unspecified atom stereocenters. The molecule has 1 atom stereocenters. The van der Waals surface area contributed by atoms with E-state index in [1.165, 1.54) is 6.42 Å². The van der Waals surface area contributed by atoms with Gasteiger partial charge in [0.1, 0.15) is 0 Å². The van der Waals surface area contributed by atoms with Crippen molar-refractivity contribution in [2.75, 3.05) is 26.3 Å². The first-order valence-corrected chi connectivity index (χ1v) is 10.9. The maximum atomic E-state index is 12.9. The van der Waals surface area contributed by atoms with E-state index in [2.05, 4.69) is 0 Å². The normalized spacial score (nSPS) is 23.6. The Balaban J connectivity index is 1.54. The summed E-state index contributed by atoms with van der Waals surface area (Å²) in [7, 11) is -3.41. The van der Waals surface area contributed by atoms with Crippen LogP contribution in [-0.2, 0) is 25.9 Å². The first-order valence-electron chi connectivity index (χ1n) is 9.42. The van der Waals surface area contributed by atoms with Crippen LogP contribution in [0, 0.1) is 0 Å². The maximum absolute atomic E-state index is 12.9. The fraction of sp³-hybridized carbons (Fsp3) is 0.684. The Labute approximate surface area is 151 Å². The Kier molecular flexibility index (Phi) is 6.49. The predicted octanol–water partition coefficient (Wildman–Crippen LogP) is 2.99. The van der Waals surface area contributed by atoms with Gasteiger partial charge in [-0.3, -0.25) is 0 Å². The lowest BCUT2D eigenvalue weighted by atomic mass is 10.1. The third-order valence-electron chi connectivity index (χ3n) is 5.16. The number of piperidine rings is 1. The standard InChI is InChI=1S/C19H29NO4S/c1-2-16-7-3-4-9-19(16)25(21,22)20-12-10-17(11-13-20)24-15-18-8-5-6-14-23-18/h3-4,7,9,17-18H,2,5-6,8,10-15H2,1H3. The van der Waals surface area contributed by atoms with E-state index < -0.39 is 10.0 Å². The molecule has 0 amide bonds. The fourth-order valence-electron chi connectivity index (χ4n) is 3.61. The lowest BCUT2D eigenvalue weighted by Crippen LogP contribution is -2.41. The van der Waals surface area contributed by atoms with Crippen LogP contribution < -0.4 is 0 Å². The van der Waals surface area contributed by atoms with Crippen LogP contribution in [0.5, 0.6) is 0 Å². The van der Waals surface area contributed by atoms with E-state index in [-0.39, 0.29) is 12.2 Å². The summed E-state index contributed by atoms with van der Waals surface area (Å²) in [4.78, 5) is 0.451. The molecule has 2 heterocycles. The first-order chi connectivity index (χ1) is 12.1. The van der Waals surface area contributed by atoms with Gasteiger partial charge in [0.05, 0.1) is 23.7 Å². The SMILES string of the molecule is CCc1ccccc1S(=O)(=O)N1CCC(OCC2CCCCO2)CC1. The van der Waals surface area contributed by atoms with Crippen LogP contribution >= 0.6 is 0 Å². The van der Waals surface area contributed by atoms with Gasteiger partial charge in [0.2, 0.25) is 10.0 Å². The van der Waals surface area contributed by atoms with E-state index in [4.69, 9.17) is 9.47 Å². The Morgan fingerprint density at radius 1 is 1.16 bits per heavy atom. The zero-order chi connectivity index (χ0) is 17.7. The number of ether oxygens (including phenoxy) is 2. The first kappa shape index (κ1) is 18.8. The highest BCUT2D eigenvalue weighted by Gasteiger charge is 2.31. The highest BCUT2D eigenvalue weighted by Crippen LogP contribution is 2.25. The average molecular weight is 368 g/mol. The number of hydrogen-bond donors (Lipinski definition) is 0. The second kappa shape index (κ2) is 8.62. The Hall–Kier alpha value is -0.950. The molecule has 1 aromatic rings. The molecule has 2 aliphatic heterocycles. The Bertz CT molecular complexity index is 647. The van der Waals surface area contributed by atoms with Crippen molar-refractivity contribution in [3.63, 3.8) is 0 Å². The number of sulfonamides is 1. The molecule has 0 spiro atoms. The zero-order valence-corrected chi connectivity index (χ0v) is 15.8. The number of hydrogen-bond acceptors (Lipinski definition) is 4. The van der Waals surface area contributed by atoms with Crippen molar-refractivity contribution in [1.29, 1.82) is 0 Å². The van der Waals surface area contributed by atoms with E-state index in [0.29, 0.717) is 24.6 Å². The molecule has 2 saturated heterocycles. The topological polar surface area (TPSA) is 55.8 Å². The van der Waals surface area contributed by atoms with E-state index in [1.807, 2.05) is 19.1 Å². The molecule has 3 rings (SSSR count). The van der Waals surface area contributed by atoms with Crippen LogP contribution in [-0.4, -0.2) is 51.2 Å². The molecule has 140 valence electrons. The van der Waals surface area contributed by atoms with Gasteiger partial charge >= 0.3 is 0 Å². The minimum atomic E-state index is -3.41. The Morgan fingerprint density at radius 2 is 1.92 bits per heavy atom. The zero-order valence-electron chi connectivity index (χ0n) is 15.0.